The lowest BCUT2D eigenvalue weighted by Gasteiger charge is -2.09. The monoisotopic (exact) mass is 483 g/mol. The molecule has 0 saturated carbocycles. The Balaban J connectivity index is 1.67. The molecule has 0 heterocycles. The number of fused-ring (bicyclic) bond motifs is 1. The first-order valence-electron chi connectivity index (χ1n) is 11.0. The van der Waals surface area contributed by atoms with Crippen molar-refractivity contribution in [3.63, 3.8) is 0 Å². The summed E-state index contributed by atoms with van der Waals surface area (Å²) < 4.78 is 27.6. The Morgan fingerprint density at radius 1 is 0.970 bits per heavy atom. The zero-order chi connectivity index (χ0) is 23.8. The first-order chi connectivity index (χ1) is 15.8. The summed E-state index contributed by atoms with van der Waals surface area (Å²) in [5.74, 6) is 0.113. The average Bonchev–Trinajstić information content (AvgIpc) is 2.79. The molecule has 1 amide bonds. The third-order valence-electron chi connectivity index (χ3n) is 5.17. The van der Waals surface area contributed by atoms with Gasteiger partial charge in [-0.15, -0.1) is 12.6 Å². The van der Waals surface area contributed by atoms with E-state index in [0.29, 0.717) is 28.5 Å². The van der Waals surface area contributed by atoms with E-state index >= 15 is 0 Å². The Labute approximate surface area is 201 Å². The second-order valence-corrected chi connectivity index (χ2v) is 10.1. The first-order valence-corrected chi connectivity index (χ1v) is 12.9. The number of hydrogen-bond donors (Lipinski definition) is 3. The SMILES string of the molecule is CCCCCCNS(=O)(=O)c1ccc(N=C(C)NC(=O)c2ccc3ccccc3c2)c(S)c1. The first kappa shape index (κ1) is 25.0. The van der Waals surface area contributed by atoms with E-state index in [1.165, 1.54) is 12.1 Å². The number of nitrogens with one attached hydrogen (secondary N) is 2. The number of aliphatic imine (C=N–C) groups is 1. The van der Waals surface area contributed by atoms with E-state index < -0.39 is 10.0 Å². The van der Waals surface area contributed by atoms with E-state index in [9.17, 15) is 13.2 Å². The molecule has 0 atom stereocenters. The highest BCUT2D eigenvalue weighted by molar-refractivity contribution is 7.89. The molecule has 0 fully saturated rings. The van der Waals surface area contributed by atoms with Gasteiger partial charge >= 0.3 is 0 Å². The van der Waals surface area contributed by atoms with Crippen LogP contribution in [0.5, 0.6) is 0 Å². The van der Waals surface area contributed by atoms with E-state index in [-0.39, 0.29) is 10.8 Å². The maximum Gasteiger partial charge on any atom is 0.256 e. The molecule has 8 heteroatoms. The molecule has 0 aliphatic heterocycles. The number of carbonyl (C=O) groups excluding carboxylic acids is 1. The van der Waals surface area contributed by atoms with Crippen molar-refractivity contribution >= 4 is 50.9 Å². The van der Waals surface area contributed by atoms with E-state index in [0.717, 1.165) is 36.5 Å². The number of unbranched alkanes of at least 4 members (excludes halogenated alkanes) is 3. The van der Waals surface area contributed by atoms with Crippen LogP contribution < -0.4 is 10.0 Å². The Morgan fingerprint density at radius 3 is 2.45 bits per heavy atom. The Morgan fingerprint density at radius 2 is 1.73 bits per heavy atom. The van der Waals surface area contributed by atoms with Crippen molar-refractivity contribution in [3.8, 4) is 0 Å². The summed E-state index contributed by atoms with van der Waals surface area (Å²) in [5.41, 5.74) is 0.998. The lowest BCUT2D eigenvalue weighted by atomic mass is 10.1. The Bertz CT molecular complexity index is 1270. The fourth-order valence-corrected chi connectivity index (χ4v) is 4.83. The van der Waals surface area contributed by atoms with Gasteiger partial charge in [-0.3, -0.25) is 4.79 Å². The highest BCUT2D eigenvalue weighted by Gasteiger charge is 2.15. The van der Waals surface area contributed by atoms with Crippen LogP contribution in [0.25, 0.3) is 10.8 Å². The normalized spacial score (nSPS) is 12.2. The van der Waals surface area contributed by atoms with Gasteiger partial charge in [0.1, 0.15) is 5.84 Å². The Kier molecular flexibility index (Phi) is 8.66. The third-order valence-corrected chi connectivity index (χ3v) is 6.99. The molecule has 0 aliphatic rings. The predicted octanol–water partition coefficient (Wildman–Crippen LogP) is 5.47. The topological polar surface area (TPSA) is 87.6 Å². The summed E-state index contributed by atoms with van der Waals surface area (Å²) in [5, 5.41) is 4.81. The van der Waals surface area contributed by atoms with Crippen molar-refractivity contribution < 1.29 is 13.2 Å². The van der Waals surface area contributed by atoms with Crippen LogP contribution in [0.4, 0.5) is 5.69 Å². The number of benzene rings is 3. The van der Waals surface area contributed by atoms with Gasteiger partial charge < -0.3 is 5.32 Å². The van der Waals surface area contributed by atoms with Crippen molar-refractivity contribution in [2.45, 2.75) is 49.3 Å². The molecule has 33 heavy (non-hydrogen) atoms. The zero-order valence-electron chi connectivity index (χ0n) is 18.8. The van der Waals surface area contributed by atoms with E-state index in [1.807, 2.05) is 36.4 Å². The molecule has 0 spiro atoms. The largest absolute Gasteiger partial charge is 0.310 e. The molecular formula is C25H29N3O3S2. The van der Waals surface area contributed by atoms with Crippen LogP contribution in [0.2, 0.25) is 0 Å². The fraction of sp³-hybridized carbons (Fsp3) is 0.280. The number of rotatable bonds is 9. The van der Waals surface area contributed by atoms with Gasteiger partial charge in [0.15, 0.2) is 0 Å². The molecule has 3 aromatic carbocycles. The summed E-state index contributed by atoms with van der Waals surface area (Å²) >= 11 is 4.40. The van der Waals surface area contributed by atoms with Gasteiger partial charge in [0.05, 0.1) is 10.6 Å². The van der Waals surface area contributed by atoms with Crippen molar-refractivity contribution in [2.24, 2.45) is 4.99 Å². The number of nitrogens with zero attached hydrogens (tertiary/aromatic N) is 1. The minimum absolute atomic E-state index is 0.139. The summed E-state index contributed by atoms with van der Waals surface area (Å²) in [6, 6.07) is 17.9. The number of amides is 1. The second-order valence-electron chi connectivity index (χ2n) is 7.82. The number of amidine groups is 1. The van der Waals surface area contributed by atoms with E-state index in [1.54, 1.807) is 19.1 Å². The van der Waals surface area contributed by atoms with Gasteiger partial charge in [-0.1, -0.05) is 56.5 Å². The molecular weight excluding hydrogens is 454 g/mol. The molecule has 3 rings (SSSR count). The maximum absolute atomic E-state index is 12.6. The summed E-state index contributed by atoms with van der Waals surface area (Å²) in [4.78, 5) is 17.6. The lowest BCUT2D eigenvalue weighted by molar-refractivity contribution is 0.0977. The quantitative estimate of drug-likeness (QED) is 0.163. The second kappa shape index (κ2) is 11.4. The highest BCUT2D eigenvalue weighted by atomic mass is 32.2. The molecule has 174 valence electrons. The van der Waals surface area contributed by atoms with E-state index in [2.05, 4.69) is 34.6 Å². The number of carbonyl (C=O) groups is 1. The zero-order valence-corrected chi connectivity index (χ0v) is 20.5. The van der Waals surface area contributed by atoms with Crippen LogP contribution in [0, 0.1) is 0 Å². The number of hydrogen-bond acceptors (Lipinski definition) is 5. The predicted molar refractivity (Wildman–Crippen MR) is 137 cm³/mol. The minimum atomic E-state index is -3.61. The minimum Gasteiger partial charge on any atom is -0.310 e. The molecule has 0 radical (unpaired) electrons. The van der Waals surface area contributed by atoms with Crippen LogP contribution in [0.15, 0.2) is 75.4 Å². The fourth-order valence-electron chi connectivity index (χ4n) is 3.38. The molecule has 3 aromatic rings. The van der Waals surface area contributed by atoms with Crippen molar-refractivity contribution in [2.75, 3.05) is 6.54 Å². The third kappa shape index (κ3) is 6.90. The average molecular weight is 484 g/mol. The number of sulfonamides is 1. The standard InChI is InChI=1S/C25H29N3O3S2/c1-3-4-5-8-15-26-33(30,31)22-13-14-23(24(32)17-22)27-18(2)28-25(29)21-12-11-19-9-6-7-10-20(19)16-21/h6-7,9-14,16-17,26,32H,3-5,8,15H2,1-2H3,(H,27,28,29). The number of thiol groups is 1. The highest BCUT2D eigenvalue weighted by Crippen LogP contribution is 2.26. The lowest BCUT2D eigenvalue weighted by Crippen LogP contribution is -2.28. The van der Waals surface area contributed by atoms with Crippen LogP contribution in [-0.4, -0.2) is 26.7 Å². The summed E-state index contributed by atoms with van der Waals surface area (Å²) in [6.07, 6.45) is 3.99. The van der Waals surface area contributed by atoms with Crippen molar-refractivity contribution in [1.82, 2.24) is 10.0 Å². The van der Waals surface area contributed by atoms with Crippen LogP contribution in [-0.2, 0) is 10.0 Å². The molecule has 0 aliphatic carbocycles. The molecule has 0 aromatic heterocycles. The molecule has 6 nitrogen and oxygen atoms in total. The van der Waals surface area contributed by atoms with Gasteiger partial charge in [-0.25, -0.2) is 18.1 Å². The summed E-state index contributed by atoms with van der Waals surface area (Å²) in [6.45, 7) is 4.19. The Hall–Kier alpha value is -2.68. The van der Waals surface area contributed by atoms with Gasteiger partial charge in [0.2, 0.25) is 10.0 Å². The molecule has 2 N–H and O–H groups in total. The molecule has 0 bridgehead atoms. The smallest absolute Gasteiger partial charge is 0.256 e. The van der Waals surface area contributed by atoms with E-state index in [4.69, 9.17) is 0 Å². The van der Waals surface area contributed by atoms with Crippen molar-refractivity contribution in [1.29, 1.82) is 0 Å². The van der Waals surface area contributed by atoms with Gasteiger partial charge in [-0.05, 0) is 54.4 Å². The van der Waals surface area contributed by atoms with Crippen LogP contribution in [0.1, 0.15) is 49.9 Å². The van der Waals surface area contributed by atoms with Crippen LogP contribution >= 0.6 is 12.6 Å². The molecule has 0 saturated heterocycles. The van der Waals surface area contributed by atoms with Crippen LogP contribution in [0.3, 0.4) is 0 Å². The maximum atomic E-state index is 12.6. The molecule has 0 unspecified atom stereocenters. The summed E-state index contributed by atoms with van der Waals surface area (Å²) in [7, 11) is -3.61. The van der Waals surface area contributed by atoms with Gasteiger partial charge in [-0.2, -0.15) is 0 Å². The van der Waals surface area contributed by atoms with Crippen molar-refractivity contribution in [3.05, 3.63) is 66.2 Å². The van der Waals surface area contributed by atoms with Gasteiger partial charge in [0.25, 0.3) is 5.91 Å². The van der Waals surface area contributed by atoms with Gasteiger partial charge in [0, 0.05) is 17.0 Å².